The first kappa shape index (κ1) is 17.2. The molecule has 0 aliphatic carbocycles. The zero-order valence-corrected chi connectivity index (χ0v) is 13.4. The van der Waals surface area contributed by atoms with E-state index in [1.54, 1.807) is 12.1 Å². The quantitative estimate of drug-likeness (QED) is 0.917. The molecule has 0 radical (unpaired) electrons. The van der Waals surface area contributed by atoms with Crippen LogP contribution in [-0.2, 0) is 11.3 Å². The zero-order valence-electron chi connectivity index (χ0n) is 12.6. The van der Waals surface area contributed by atoms with Crippen molar-refractivity contribution < 1.29 is 9.18 Å². The SMILES string of the molecule is Cl.O=C(C1CCCN1)N1CCN(Cc2cccc(F)c2)CC1. The molecule has 0 aromatic heterocycles. The maximum Gasteiger partial charge on any atom is 0.239 e. The van der Waals surface area contributed by atoms with Gasteiger partial charge in [-0.3, -0.25) is 9.69 Å². The first-order chi connectivity index (χ1) is 10.2. The Kier molecular flexibility index (Phi) is 6.17. The van der Waals surface area contributed by atoms with Crippen LogP contribution in [-0.4, -0.2) is 54.5 Å². The van der Waals surface area contributed by atoms with Crippen molar-refractivity contribution in [2.75, 3.05) is 32.7 Å². The molecule has 2 heterocycles. The number of nitrogens with zero attached hydrogens (tertiary/aromatic N) is 2. The average molecular weight is 328 g/mol. The van der Waals surface area contributed by atoms with Crippen LogP contribution in [0.3, 0.4) is 0 Å². The van der Waals surface area contributed by atoms with Gasteiger partial charge in [-0.15, -0.1) is 12.4 Å². The molecule has 3 rings (SSSR count). The summed E-state index contributed by atoms with van der Waals surface area (Å²) in [6.45, 7) is 4.96. The van der Waals surface area contributed by atoms with Crippen LogP contribution in [0.2, 0.25) is 0 Å². The van der Waals surface area contributed by atoms with Gasteiger partial charge >= 0.3 is 0 Å². The molecule has 1 unspecified atom stereocenters. The Hall–Kier alpha value is -1.17. The maximum absolute atomic E-state index is 13.2. The van der Waals surface area contributed by atoms with Crippen LogP contribution >= 0.6 is 12.4 Å². The summed E-state index contributed by atoms with van der Waals surface area (Å²) >= 11 is 0. The van der Waals surface area contributed by atoms with E-state index in [0.29, 0.717) is 0 Å². The van der Waals surface area contributed by atoms with E-state index in [0.717, 1.165) is 57.7 Å². The Labute approximate surface area is 137 Å². The standard InChI is InChI=1S/C16H22FN3O.ClH/c17-14-4-1-3-13(11-14)12-19-7-9-20(10-8-19)16(21)15-5-2-6-18-15;/h1,3-4,11,15,18H,2,5-10,12H2;1H. The molecule has 2 saturated heterocycles. The van der Waals surface area contributed by atoms with Gasteiger partial charge in [-0.05, 0) is 37.1 Å². The molecule has 0 bridgehead atoms. The van der Waals surface area contributed by atoms with E-state index in [9.17, 15) is 9.18 Å². The third kappa shape index (κ3) is 4.18. The van der Waals surface area contributed by atoms with Crippen molar-refractivity contribution in [2.24, 2.45) is 0 Å². The van der Waals surface area contributed by atoms with E-state index in [4.69, 9.17) is 0 Å². The molecule has 2 fully saturated rings. The summed E-state index contributed by atoms with van der Waals surface area (Å²) in [4.78, 5) is 16.5. The second-order valence-corrected chi connectivity index (χ2v) is 5.88. The summed E-state index contributed by atoms with van der Waals surface area (Å²) in [6.07, 6.45) is 2.05. The fourth-order valence-electron chi connectivity index (χ4n) is 3.14. The van der Waals surface area contributed by atoms with E-state index in [1.807, 2.05) is 11.0 Å². The minimum absolute atomic E-state index is 0. The molecule has 1 aromatic carbocycles. The Bertz CT molecular complexity index is 500. The van der Waals surface area contributed by atoms with E-state index >= 15 is 0 Å². The molecule has 1 amide bonds. The summed E-state index contributed by atoms with van der Waals surface area (Å²) < 4.78 is 13.2. The van der Waals surface area contributed by atoms with Gasteiger partial charge < -0.3 is 10.2 Å². The highest BCUT2D eigenvalue weighted by molar-refractivity contribution is 5.85. The van der Waals surface area contributed by atoms with Gasteiger partial charge in [0.25, 0.3) is 0 Å². The smallest absolute Gasteiger partial charge is 0.239 e. The molecule has 6 heteroatoms. The van der Waals surface area contributed by atoms with Gasteiger partial charge in [0.1, 0.15) is 5.82 Å². The number of benzene rings is 1. The molecule has 1 aromatic rings. The number of hydrogen-bond acceptors (Lipinski definition) is 3. The second-order valence-electron chi connectivity index (χ2n) is 5.88. The molecule has 122 valence electrons. The van der Waals surface area contributed by atoms with Gasteiger partial charge in [0.05, 0.1) is 6.04 Å². The number of carbonyl (C=O) groups is 1. The van der Waals surface area contributed by atoms with Crippen LogP contribution in [0.1, 0.15) is 18.4 Å². The van der Waals surface area contributed by atoms with Crippen LogP contribution in [0.15, 0.2) is 24.3 Å². The van der Waals surface area contributed by atoms with Crippen molar-refractivity contribution in [3.63, 3.8) is 0 Å². The van der Waals surface area contributed by atoms with Gasteiger partial charge in [0.15, 0.2) is 0 Å². The highest BCUT2D eigenvalue weighted by atomic mass is 35.5. The lowest BCUT2D eigenvalue weighted by Gasteiger charge is -2.36. The van der Waals surface area contributed by atoms with Gasteiger partial charge in [0, 0.05) is 32.7 Å². The normalized spacial score (nSPS) is 22.4. The summed E-state index contributed by atoms with van der Waals surface area (Å²) in [6, 6.07) is 6.77. The van der Waals surface area contributed by atoms with Gasteiger partial charge in [-0.2, -0.15) is 0 Å². The number of piperazine rings is 1. The monoisotopic (exact) mass is 327 g/mol. The highest BCUT2D eigenvalue weighted by Gasteiger charge is 2.29. The third-order valence-electron chi connectivity index (χ3n) is 4.34. The molecular formula is C16H23ClFN3O. The molecule has 0 saturated carbocycles. The average Bonchev–Trinajstić information content (AvgIpc) is 3.01. The van der Waals surface area contributed by atoms with Crippen molar-refractivity contribution in [1.82, 2.24) is 15.1 Å². The second kappa shape index (κ2) is 7.90. The number of carbonyl (C=O) groups excluding carboxylic acids is 1. The molecule has 4 nitrogen and oxygen atoms in total. The van der Waals surface area contributed by atoms with Gasteiger partial charge in [0.2, 0.25) is 5.91 Å². The first-order valence-corrected chi connectivity index (χ1v) is 7.71. The molecular weight excluding hydrogens is 305 g/mol. The van der Waals surface area contributed by atoms with E-state index < -0.39 is 0 Å². The fraction of sp³-hybridized carbons (Fsp3) is 0.562. The molecule has 2 aliphatic rings. The van der Waals surface area contributed by atoms with E-state index in [1.165, 1.54) is 6.07 Å². The lowest BCUT2D eigenvalue weighted by Crippen LogP contribution is -2.52. The Balaban J connectivity index is 0.00000176. The lowest BCUT2D eigenvalue weighted by molar-refractivity contribution is -0.134. The Morgan fingerprint density at radius 3 is 2.68 bits per heavy atom. The number of amides is 1. The van der Waals surface area contributed by atoms with Crippen LogP contribution in [0.25, 0.3) is 0 Å². The Morgan fingerprint density at radius 1 is 1.27 bits per heavy atom. The van der Waals surface area contributed by atoms with Crippen LogP contribution in [0.4, 0.5) is 4.39 Å². The summed E-state index contributed by atoms with van der Waals surface area (Å²) in [5.74, 6) is 0.0616. The predicted molar refractivity (Wildman–Crippen MR) is 86.5 cm³/mol. The number of hydrogen-bond donors (Lipinski definition) is 1. The highest BCUT2D eigenvalue weighted by Crippen LogP contribution is 2.13. The molecule has 1 atom stereocenters. The summed E-state index contributed by atoms with van der Waals surface area (Å²) in [5, 5.41) is 3.26. The minimum atomic E-state index is -0.186. The van der Waals surface area contributed by atoms with Crippen molar-refractivity contribution in [2.45, 2.75) is 25.4 Å². The van der Waals surface area contributed by atoms with Crippen LogP contribution in [0, 0.1) is 5.82 Å². The topological polar surface area (TPSA) is 35.6 Å². The van der Waals surface area contributed by atoms with Crippen molar-refractivity contribution in [3.05, 3.63) is 35.6 Å². The number of nitrogens with one attached hydrogen (secondary N) is 1. The van der Waals surface area contributed by atoms with Gasteiger partial charge in [-0.1, -0.05) is 12.1 Å². The van der Waals surface area contributed by atoms with Gasteiger partial charge in [-0.25, -0.2) is 4.39 Å². The molecule has 0 spiro atoms. The number of rotatable bonds is 3. The van der Waals surface area contributed by atoms with Crippen molar-refractivity contribution in [3.8, 4) is 0 Å². The van der Waals surface area contributed by atoms with Crippen molar-refractivity contribution in [1.29, 1.82) is 0 Å². The number of halogens is 2. The van der Waals surface area contributed by atoms with Crippen LogP contribution in [0.5, 0.6) is 0 Å². The molecule has 2 aliphatic heterocycles. The van der Waals surface area contributed by atoms with Crippen LogP contribution < -0.4 is 5.32 Å². The van der Waals surface area contributed by atoms with E-state index in [-0.39, 0.29) is 30.2 Å². The van der Waals surface area contributed by atoms with E-state index in [2.05, 4.69) is 10.2 Å². The molecule has 1 N–H and O–H groups in total. The third-order valence-corrected chi connectivity index (χ3v) is 4.34. The minimum Gasteiger partial charge on any atom is -0.339 e. The summed E-state index contributed by atoms with van der Waals surface area (Å²) in [5.41, 5.74) is 0.993. The lowest BCUT2D eigenvalue weighted by atomic mass is 10.1. The molecule has 22 heavy (non-hydrogen) atoms. The van der Waals surface area contributed by atoms with Crippen molar-refractivity contribution >= 4 is 18.3 Å². The zero-order chi connectivity index (χ0) is 14.7. The fourth-order valence-corrected chi connectivity index (χ4v) is 3.14. The largest absolute Gasteiger partial charge is 0.339 e. The Morgan fingerprint density at radius 2 is 2.05 bits per heavy atom. The first-order valence-electron chi connectivity index (χ1n) is 7.71. The predicted octanol–water partition coefficient (Wildman–Crippen LogP) is 1.64. The summed E-state index contributed by atoms with van der Waals surface area (Å²) in [7, 11) is 0. The maximum atomic E-state index is 13.2.